The Morgan fingerprint density at radius 3 is 2.57 bits per heavy atom. The summed E-state index contributed by atoms with van der Waals surface area (Å²) in [6.07, 6.45) is 5.74. The summed E-state index contributed by atoms with van der Waals surface area (Å²) in [6, 6.07) is 9.71. The van der Waals surface area contributed by atoms with Crippen molar-refractivity contribution >= 4 is 11.8 Å². The first-order valence-corrected chi connectivity index (χ1v) is 13.4. The quantitative estimate of drug-likeness (QED) is 0.451. The van der Waals surface area contributed by atoms with E-state index in [1.165, 1.54) is 10.9 Å². The Hall–Kier alpha value is -4.58. The van der Waals surface area contributed by atoms with Crippen molar-refractivity contribution in [2.75, 3.05) is 24.9 Å². The lowest BCUT2D eigenvalue weighted by Crippen LogP contribution is -2.63. The van der Waals surface area contributed by atoms with E-state index in [1.807, 2.05) is 30.2 Å². The number of nitrogens with one attached hydrogen (secondary N) is 1. The van der Waals surface area contributed by atoms with E-state index in [4.69, 9.17) is 9.47 Å². The van der Waals surface area contributed by atoms with Crippen molar-refractivity contribution in [3.63, 3.8) is 0 Å². The lowest BCUT2D eigenvalue weighted by molar-refractivity contribution is 0.0626. The number of aromatic nitrogens is 1. The van der Waals surface area contributed by atoms with Crippen molar-refractivity contribution in [2.24, 2.45) is 0 Å². The molecule has 3 aliphatic heterocycles. The summed E-state index contributed by atoms with van der Waals surface area (Å²) in [5.74, 6) is -5.19. The van der Waals surface area contributed by atoms with E-state index < -0.39 is 57.9 Å². The maximum atomic E-state index is 14.2. The second kappa shape index (κ2) is 10.7. The van der Waals surface area contributed by atoms with Crippen LogP contribution in [-0.4, -0.2) is 52.9 Å². The lowest BCUT2D eigenvalue weighted by atomic mass is 9.97. The van der Waals surface area contributed by atoms with Gasteiger partial charge < -0.3 is 19.7 Å². The molecule has 12 heteroatoms. The Morgan fingerprint density at radius 2 is 1.88 bits per heavy atom. The van der Waals surface area contributed by atoms with E-state index in [1.54, 1.807) is 29.2 Å². The highest BCUT2D eigenvalue weighted by molar-refractivity contribution is 5.99. The SMILES string of the molecule is C[C@H]1C=C[C@@]2(CCOC2)N2CN1C(=O)c1c(OCc3ccccc3)c(=O)c(C(=O)NCc3c(F)cc(F)cc3F)cn12. The Kier molecular flexibility index (Phi) is 7.01. The highest BCUT2D eigenvalue weighted by atomic mass is 19.1. The molecule has 2 bridgehead atoms. The first-order chi connectivity index (χ1) is 20.2. The normalized spacial score (nSPS) is 21.0. The van der Waals surface area contributed by atoms with Gasteiger partial charge in [-0.3, -0.25) is 24.1 Å². The molecule has 0 aliphatic carbocycles. The maximum absolute atomic E-state index is 14.2. The van der Waals surface area contributed by atoms with Gasteiger partial charge in [-0.1, -0.05) is 42.5 Å². The standard InChI is InChI=1S/C30H27F3N4O5/c1-18-7-8-30(9-10-41-16-30)37-17-35(18)29(40)25-27(42-15-19-5-3-2-4-6-19)26(38)22(14-36(25)37)28(39)34-13-21-23(32)11-20(31)12-24(21)33/h2-8,11-12,14,18H,9-10,13,15-17H2,1H3,(H,34,39)/t18-,30-/m0/s1. The van der Waals surface area contributed by atoms with Crippen molar-refractivity contribution in [3.8, 4) is 5.75 Å². The molecule has 2 amide bonds. The summed E-state index contributed by atoms with van der Waals surface area (Å²) < 4.78 is 55.0. The van der Waals surface area contributed by atoms with E-state index in [0.29, 0.717) is 31.8 Å². The van der Waals surface area contributed by atoms with Crippen molar-refractivity contribution in [2.45, 2.75) is 38.1 Å². The largest absolute Gasteiger partial charge is 0.482 e. The summed E-state index contributed by atoms with van der Waals surface area (Å²) in [5.41, 5.74) is -1.81. The number of amides is 2. The van der Waals surface area contributed by atoms with Crippen LogP contribution in [0.15, 0.2) is 65.6 Å². The van der Waals surface area contributed by atoms with Crippen LogP contribution in [0.3, 0.4) is 0 Å². The molecule has 1 N–H and O–H groups in total. The van der Waals surface area contributed by atoms with Crippen LogP contribution in [-0.2, 0) is 17.9 Å². The van der Waals surface area contributed by atoms with Gasteiger partial charge in [-0.25, -0.2) is 13.2 Å². The number of benzene rings is 2. The van der Waals surface area contributed by atoms with E-state index in [9.17, 15) is 27.6 Å². The van der Waals surface area contributed by atoms with Gasteiger partial charge in [-0.05, 0) is 12.5 Å². The van der Waals surface area contributed by atoms with E-state index in [0.717, 1.165) is 5.56 Å². The zero-order valence-corrected chi connectivity index (χ0v) is 22.6. The molecule has 4 heterocycles. The first kappa shape index (κ1) is 27.6. The number of ether oxygens (including phenoxy) is 2. The van der Waals surface area contributed by atoms with E-state index in [-0.39, 0.29) is 30.8 Å². The minimum Gasteiger partial charge on any atom is -0.482 e. The average molecular weight is 581 g/mol. The topological polar surface area (TPSA) is 93.1 Å². The van der Waals surface area contributed by atoms with E-state index in [2.05, 4.69) is 5.32 Å². The Labute approximate surface area is 238 Å². The third-order valence-electron chi connectivity index (χ3n) is 7.88. The lowest BCUT2D eigenvalue weighted by Gasteiger charge is -2.46. The number of hydrogen-bond donors (Lipinski definition) is 1. The molecule has 2 atom stereocenters. The number of pyridine rings is 1. The highest BCUT2D eigenvalue weighted by Gasteiger charge is 2.48. The van der Waals surface area contributed by atoms with Crippen LogP contribution in [0.1, 0.15) is 45.3 Å². The molecule has 0 radical (unpaired) electrons. The van der Waals surface area contributed by atoms with Gasteiger partial charge in [-0.2, -0.15) is 0 Å². The second-order valence-corrected chi connectivity index (χ2v) is 10.5. The number of hydrogen-bond acceptors (Lipinski definition) is 6. The molecular weight excluding hydrogens is 553 g/mol. The van der Waals surface area contributed by atoms with Crippen LogP contribution in [0.4, 0.5) is 13.2 Å². The monoisotopic (exact) mass is 580 g/mol. The van der Waals surface area contributed by atoms with Crippen molar-refractivity contribution in [1.29, 1.82) is 0 Å². The van der Waals surface area contributed by atoms with Gasteiger partial charge in [0.05, 0.1) is 6.61 Å². The average Bonchev–Trinajstić information content (AvgIpc) is 3.40. The van der Waals surface area contributed by atoms with Gasteiger partial charge in [0, 0.05) is 49.5 Å². The molecule has 0 unspecified atom stereocenters. The fraction of sp³-hybridized carbons (Fsp3) is 0.300. The Balaban J connectivity index is 1.45. The van der Waals surface area contributed by atoms with Crippen molar-refractivity contribution in [3.05, 3.63) is 111 Å². The molecule has 2 aromatic carbocycles. The number of carbonyl (C=O) groups is 2. The zero-order chi connectivity index (χ0) is 29.6. The molecular formula is C30H27F3N4O5. The number of carbonyl (C=O) groups excluding carboxylic acids is 2. The van der Waals surface area contributed by atoms with Gasteiger partial charge in [0.1, 0.15) is 41.8 Å². The number of nitrogens with zero attached hydrogens (tertiary/aromatic N) is 3. The fourth-order valence-electron chi connectivity index (χ4n) is 5.49. The molecule has 1 saturated heterocycles. The van der Waals surface area contributed by atoms with Gasteiger partial charge >= 0.3 is 0 Å². The van der Waals surface area contributed by atoms with Crippen LogP contribution in [0.25, 0.3) is 0 Å². The number of halogens is 3. The first-order valence-electron chi connectivity index (χ1n) is 13.4. The summed E-state index contributed by atoms with van der Waals surface area (Å²) >= 11 is 0. The molecule has 42 heavy (non-hydrogen) atoms. The minimum atomic E-state index is -1.18. The molecule has 1 aromatic heterocycles. The Morgan fingerprint density at radius 1 is 1.14 bits per heavy atom. The number of rotatable bonds is 6. The molecule has 0 saturated carbocycles. The predicted molar refractivity (Wildman–Crippen MR) is 145 cm³/mol. The van der Waals surface area contributed by atoms with Crippen LogP contribution in [0, 0.1) is 17.5 Å². The zero-order valence-electron chi connectivity index (χ0n) is 22.6. The minimum absolute atomic E-state index is 0.0452. The van der Waals surface area contributed by atoms with E-state index >= 15 is 0 Å². The number of fused-ring (bicyclic) bond motifs is 5. The molecule has 6 rings (SSSR count). The van der Waals surface area contributed by atoms with Gasteiger partial charge in [0.25, 0.3) is 11.8 Å². The second-order valence-electron chi connectivity index (χ2n) is 10.5. The smallest absolute Gasteiger partial charge is 0.278 e. The van der Waals surface area contributed by atoms with Crippen LogP contribution in [0.2, 0.25) is 0 Å². The molecule has 1 spiro atoms. The molecule has 1 fully saturated rings. The maximum Gasteiger partial charge on any atom is 0.278 e. The van der Waals surface area contributed by atoms with Crippen LogP contribution in [0.5, 0.6) is 5.75 Å². The third kappa shape index (κ3) is 4.71. The molecule has 3 aromatic rings. The molecule has 218 valence electrons. The summed E-state index contributed by atoms with van der Waals surface area (Å²) in [4.78, 5) is 42.6. The van der Waals surface area contributed by atoms with Crippen LogP contribution >= 0.6 is 0 Å². The Bertz CT molecular complexity index is 1630. The molecule has 3 aliphatic rings. The summed E-state index contributed by atoms with van der Waals surface area (Å²) in [6.45, 7) is 2.10. The van der Waals surface area contributed by atoms with Gasteiger partial charge in [0.2, 0.25) is 5.43 Å². The van der Waals surface area contributed by atoms with Gasteiger partial charge in [-0.15, -0.1) is 0 Å². The molecule has 9 nitrogen and oxygen atoms in total. The fourth-order valence-corrected chi connectivity index (χ4v) is 5.49. The predicted octanol–water partition coefficient (Wildman–Crippen LogP) is 3.24. The van der Waals surface area contributed by atoms with Crippen molar-refractivity contribution < 1.29 is 32.2 Å². The third-order valence-corrected chi connectivity index (χ3v) is 7.88. The summed E-state index contributed by atoms with van der Waals surface area (Å²) in [5, 5.41) is 4.21. The van der Waals surface area contributed by atoms with Crippen molar-refractivity contribution in [1.82, 2.24) is 14.9 Å². The highest BCUT2D eigenvalue weighted by Crippen LogP contribution is 2.35. The van der Waals surface area contributed by atoms with Crippen LogP contribution < -0.4 is 20.5 Å². The van der Waals surface area contributed by atoms with Gasteiger partial charge in [0.15, 0.2) is 11.4 Å². The summed E-state index contributed by atoms with van der Waals surface area (Å²) in [7, 11) is 0.